The quantitative estimate of drug-likeness (QED) is 0.664. The monoisotopic (exact) mass is 438 g/mol. The van der Waals surface area contributed by atoms with Crippen molar-refractivity contribution in [1.29, 1.82) is 0 Å². The normalized spacial score (nSPS) is 16.6. The average Bonchev–Trinajstić information content (AvgIpc) is 3.10. The SMILES string of the molecule is COc1cc(C2NC(=S)N(C)C(C)=C2C(=O)Nc2cc(C)on2)ccc1OC(F)F. The number of aryl methyl sites for hydroxylation is 1. The molecule has 1 aliphatic heterocycles. The molecule has 11 heteroatoms. The molecule has 0 fully saturated rings. The summed E-state index contributed by atoms with van der Waals surface area (Å²) < 4.78 is 39.9. The maximum absolute atomic E-state index is 13.1. The van der Waals surface area contributed by atoms with Gasteiger partial charge >= 0.3 is 6.61 Å². The zero-order chi connectivity index (χ0) is 22.0. The number of ether oxygens (including phenoxy) is 2. The van der Waals surface area contributed by atoms with Crippen molar-refractivity contribution in [3.05, 3.63) is 46.9 Å². The van der Waals surface area contributed by atoms with Crippen molar-refractivity contribution in [1.82, 2.24) is 15.4 Å². The molecule has 1 aromatic carbocycles. The van der Waals surface area contributed by atoms with E-state index in [-0.39, 0.29) is 17.3 Å². The van der Waals surface area contributed by atoms with E-state index in [1.54, 1.807) is 37.9 Å². The first-order valence-corrected chi connectivity index (χ1v) is 9.24. The average molecular weight is 438 g/mol. The fraction of sp³-hybridized carbons (Fsp3) is 0.316. The van der Waals surface area contributed by atoms with Gasteiger partial charge in [0.05, 0.1) is 18.7 Å². The topological polar surface area (TPSA) is 88.9 Å². The molecule has 30 heavy (non-hydrogen) atoms. The molecule has 0 bridgehead atoms. The van der Waals surface area contributed by atoms with Crippen molar-refractivity contribution in [2.45, 2.75) is 26.5 Å². The lowest BCUT2D eigenvalue weighted by Gasteiger charge is -2.35. The van der Waals surface area contributed by atoms with Crippen LogP contribution in [-0.2, 0) is 4.79 Å². The molecule has 1 unspecified atom stereocenters. The van der Waals surface area contributed by atoms with Crippen molar-refractivity contribution < 1.29 is 27.6 Å². The number of amides is 1. The highest BCUT2D eigenvalue weighted by atomic mass is 32.1. The largest absolute Gasteiger partial charge is 0.493 e. The Morgan fingerprint density at radius 1 is 1.33 bits per heavy atom. The number of rotatable bonds is 6. The summed E-state index contributed by atoms with van der Waals surface area (Å²) in [5.41, 5.74) is 1.56. The van der Waals surface area contributed by atoms with Gasteiger partial charge in [0, 0.05) is 18.8 Å². The maximum Gasteiger partial charge on any atom is 0.387 e. The van der Waals surface area contributed by atoms with Gasteiger partial charge in [0.25, 0.3) is 5.91 Å². The molecule has 1 atom stereocenters. The lowest BCUT2D eigenvalue weighted by Crippen LogP contribution is -2.46. The molecule has 0 aliphatic carbocycles. The van der Waals surface area contributed by atoms with Crippen molar-refractivity contribution in [2.24, 2.45) is 0 Å². The van der Waals surface area contributed by atoms with Gasteiger partial charge in [-0.3, -0.25) is 4.79 Å². The molecular formula is C19H20F2N4O4S. The third kappa shape index (κ3) is 4.35. The first-order valence-electron chi connectivity index (χ1n) is 8.83. The molecule has 160 valence electrons. The van der Waals surface area contributed by atoms with Crippen LogP contribution in [0.1, 0.15) is 24.3 Å². The van der Waals surface area contributed by atoms with E-state index in [9.17, 15) is 13.6 Å². The van der Waals surface area contributed by atoms with Crippen LogP contribution in [0.25, 0.3) is 0 Å². The molecular weight excluding hydrogens is 418 g/mol. The number of hydrogen-bond donors (Lipinski definition) is 2. The molecule has 8 nitrogen and oxygen atoms in total. The van der Waals surface area contributed by atoms with E-state index >= 15 is 0 Å². The lowest BCUT2D eigenvalue weighted by atomic mass is 9.94. The van der Waals surface area contributed by atoms with E-state index in [1.165, 1.54) is 19.2 Å². The van der Waals surface area contributed by atoms with Gasteiger partial charge in [-0.25, -0.2) is 0 Å². The molecule has 3 rings (SSSR count). The number of allylic oxidation sites excluding steroid dienone is 1. The number of halogens is 2. The van der Waals surface area contributed by atoms with Gasteiger partial charge in [-0.1, -0.05) is 11.2 Å². The first-order chi connectivity index (χ1) is 14.2. The number of nitrogens with zero attached hydrogens (tertiary/aromatic N) is 2. The summed E-state index contributed by atoms with van der Waals surface area (Å²) in [6.07, 6.45) is 0. The van der Waals surface area contributed by atoms with E-state index in [2.05, 4.69) is 20.5 Å². The van der Waals surface area contributed by atoms with E-state index in [0.29, 0.717) is 27.7 Å². The minimum absolute atomic E-state index is 0.101. The highest BCUT2D eigenvalue weighted by Crippen LogP contribution is 2.36. The van der Waals surface area contributed by atoms with Crippen LogP contribution in [0.15, 0.2) is 40.1 Å². The molecule has 2 aromatic rings. The van der Waals surface area contributed by atoms with Crippen molar-refractivity contribution in [3.63, 3.8) is 0 Å². The number of methoxy groups -OCH3 is 1. The fourth-order valence-corrected chi connectivity index (χ4v) is 3.30. The summed E-state index contributed by atoms with van der Waals surface area (Å²) >= 11 is 5.37. The van der Waals surface area contributed by atoms with Gasteiger partial charge in [-0.05, 0) is 43.8 Å². The Morgan fingerprint density at radius 2 is 2.07 bits per heavy atom. The van der Waals surface area contributed by atoms with Crippen molar-refractivity contribution in [3.8, 4) is 11.5 Å². The highest BCUT2D eigenvalue weighted by molar-refractivity contribution is 7.80. The minimum Gasteiger partial charge on any atom is -0.493 e. The van der Waals surface area contributed by atoms with Crippen LogP contribution >= 0.6 is 12.2 Å². The zero-order valence-corrected chi connectivity index (χ0v) is 17.5. The molecule has 1 aromatic heterocycles. The fourth-order valence-electron chi connectivity index (χ4n) is 3.05. The molecule has 0 saturated heterocycles. The molecule has 0 spiro atoms. The third-order valence-electron chi connectivity index (χ3n) is 4.61. The molecule has 2 heterocycles. The Kier molecular flexibility index (Phi) is 6.20. The Bertz CT molecular complexity index is 1010. The Hall–Kier alpha value is -3.21. The van der Waals surface area contributed by atoms with E-state index in [0.717, 1.165) is 0 Å². The molecule has 1 amide bonds. The molecule has 0 radical (unpaired) electrons. The highest BCUT2D eigenvalue weighted by Gasteiger charge is 2.33. The number of thiocarbonyl (C=S) groups is 1. The minimum atomic E-state index is -2.99. The Balaban J connectivity index is 2.00. The summed E-state index contributed by atoms with van der Waals surface area (Å²) in [4.78, 5) is 14.7. The van der Waals surface area contributed by atoms with Gasteiger partial charge in [0.1, 0.15) is 5.76 Å². The number of hydrogen-bond acceptors (Lipinski definition) is 6. The van der Waals surface area contributed by atoms with Crippen molar-refractivity contribution in [2.75, 3.05) is 19.5 Å². The van der Waals surface area contributed by atoms with Crippen LogP contribution < -0.4 is 20.1 Å². The van der Waals surface area contributed by atoms with Gasteiger partial charge in [-0.15, -0.1) is 0 Å². The number of nitrogens with one attached hydrogen (secondary N) is 2. The smallest absolute Gasteiger partial charge is 0.387 e. The van der Waals surface area contributed by atoms with Crippen LogP contribution in [-0.4, -0.2) is 41.8 Å². The summed E-state index contributed by atoms with van der Waals surface area (Å²) in [7, 11) is 3.07. The van der Waals surface area contributed by atoms with Gasteiger partial charge in [0.15, 0.2) is 22.4 Å². The zero-order valence-electron chi connectivity index (χ0n) is 16.7. The molecule has 2 N–H and O–H groups in total. The third-order valence-corrected chi connectivity index (χ3v) is 5.00. The van der Waals surface area contributed by atoms with Crippen LogP contribution in [0, 0.1) is 6.92 Å². The van der Waals surface area contributed by atoms with Gasteiger partial charge in [0.2, 0.25) is 0 Å². The summed E-state index contributed by atoms with van der Waals surface area (Å²) in [5.74, 6) is 0.387. The second-order valence-corrected chi connectivity index (χ2v) is 6.89. The van der Waals surface area contributed by atoms with Crippen LogP contribution in [0.2, 0.25) is 0 Å². The van der Waals surface area contributed by atoms with Crippen LogP contribution in [0.3, 0.4) is 0 Å². The van der Waals surface area contributed by atoms with Gasteiger partial charge in [-0.2, -0.15) is 8.78 Å². The number of aromatic nitrogens is 1. The van der Waals surface area contributed by atoms with E-state index < -0.39 is 18.6 Å². The maximum atomic E-state index is 13.1. The standard InChI is InChI=1S/C19H20F2N4O4S/c1-9-7-14(24-29-9)22-17(26)15-10(2)25(3)19(30)23-16(15)11-5-6-12(28-18(20)21)13(8-11)27-4/h5-8,16,18H,1-4H3,(H,23,30)(H,22,24,26). The van der Waals surface area contributed by atoms with Gasteiger partial charge < -0.3 is 29.5 Å². The summed E-state index contributed by atoms with van der Waals surface area (Å²) in [6, 6.07) is 5.37. The number of carbonyl (C=O) groups excluding carboxylic acids is 1. The summed E-state index contributed by atoms with van der Waals surface area (Å²) in [6.45, 7) is 0.474. The van der Waals surface area contributed by atoms with Crippen LogP contribution in [0.5, 0.6) is 11.5 Å². The van der Waals surface area contributed by atoms with E-state index in [1.807, 2.05) is 0 Å². The van der Waals surface area contributed by atoms with E-state index in [4.69, 9.17) is 21.5 Å². The summed E-state index contributed by atoms with van der Waals surface area (Å²) in [5, 5.41) is 9.97. The lowest BCUT2D eigenvalue weighted by molar-refractivity contribution is -0.113. The second-order valence-electron chi connectivity index (χ2n) is 6.51. The first kappa shape index (κ1) is 21.5. The number of benzene rings is 1. The Morgan fingerprint density at radius 3 is 2.67 bits per heavy atom. The number of carbonyl (C=O) groups is 1. The van der Waals surface area contributed by atoms with Crippen LogP contribution in [0.4, 0.5) is 14.6 Å². The number of alkyl halides is 2. The molecule has 0 saturated carbocycles. The Labute approximate surface area is 176 Å². The second kappa shape index (κ2) is 8.66. The van der Waals surface area contributed by atoms with Crippen molar-refractivity contribution >= 4 is 29.1 Å². The molecule has 1 aliphatic rings. The predicted molar refractivity (Wildman–Crippen MR) is 108 cm³/mol. The predicted octanol–water partition coefficient (Wildman–Crippen LogP) is 3.37. The number of anilines is 1.